The molecule has 1 aromatic carbocycles. The molecule has 1 unspecified atom stereocenters. The number of amides is 2. The van der Waals surface area contributed by atoms with Gasteiger partial charge in [-0.1, -0.05) is 35.3 Å². The molecule has 0 bridgehead atoms. The molecular formula is C21H30Cl2N4O2. The molecule has 0 radical (unpaired) electrons. The Kier molecular flexibility index (Phi) is 8.18. The second kappa shape index (κ2) is 10.6. The van der Waals surface area contributed by atoms with Crippen LogP contribution in [0.15, 0.2) is 18.2 Å². The van der Waals surface area contributed by atoms with Crippen molar-refractivity contribution >= 4 is 35.0 Å². The van der Waals surface area contributed by atoms with Crippen LogP contribution in [-0.2, 0) is 16.1 Å². The summed E-state index contributed by atoms with van der Waals surface area (Å²) < 4.78 is 0. The molecule has 0 saturated carbocycles. The lowest BCUT2D eigenvalue weighted by Gasteiger charge is -2.35. The van der Waals surface area contributed by atoms with Gasteiger partial charge in [-0.05, 0) is 37.8 Å². The summed E-state index contributed by atoms with van der Waals surface area (Å²) in [4.78, 5) is 31.2. The largest absolute Gasteiger partial charge is 0.343 e. The quantitative estimate of drug-likeness (QED) is 0.738. The van der Waals surface area contributed by atoms with E-state index in [-0.39, 0.29) is 11.8 Å². The zero-order chi connectivity index (χ0) is 20.8. The SMILES string of the molecule is CC(NC(=O)CN1CCN(Cc2cccc(Cl)c2Cl)CC1)C(=O)N1CCCCC1. The highest BCUT2D eigenvalue weighted by molar-refractivity contribution is 6.42. The fraction of sp³-hybridized carbons (Fsp3) is 0.619. The third-order valence-electron chi connectivity index (χ3n) is 5.67. The van der Waals surface area contributed by atoms with Crippen molar-refractivity contribution in [2.75, 3.05) is 45.8 Å². The average molecular weight is 441 g/mol. The Balaban J connectivity index is 1.40. The number of carbonyl (C=O) groups excluding carboxylic acids is 2. The molecule has 6 nitrogen and oxygen atoms in total. The van der Waals surface area contributed by atoms with E-state index in [0.717, 1.165) is 64.2 Å². The summed E-state index contributed by atoms with van der Waals surface area (Å²) >= 11 is 12.4. The smallest absolute Gasteiger partial charge is 0.244 e. The van der Waals surface area contributed by atoms with Gasteiger partial charge in [0.2, 0.25) is 11.8 Å². The van der Waals surface area contributed by atoms with Crippen molar-refractivity contribution in [3.63, 3.8) is 0 Å². The summed E-state index contributed by atoms with van der Waals surface area (Å²) in [5, 5.41) is 4.06. The summed E-state index contributed by atoms with van der Waals surface area (Å²) in [5.74, 6) is -0.0598. The lowest BCUT2D eigenvalue weighted by molar-refractivity contribution is -0.137. The van der Waals surface area contributed by atoms with E-state index in [1.807, 2.05) is 17.0 Å². The molecule has 1 aromatic rings. The molecule has 2 aliphatic rings. The van der Waals surface area contributed by atoms with Gasteiger partial charge in [0.15, 0.2) is 0 Å². The number of nitrogens with one attached hydrogen (secondary N) is 1. The maximum absolute atomic E-state index is 12.5. The van der Waals surface area contributed by atoms with Crippen LogP contribution in [0.2, 0.25) is 10.0 Å². The standard InChI is InChI=1S/C21H30Cl2N4O2/c1-16(21(29)27-8-3-2-4-9-27)24-19(28)15-26-12-10-25(11-13-26)14-17-6-5-7-18(22)20(17)23/h5-7,16H,2-4,8-15H2,1H3,(H,24,28). The first kappa shape index (κ1) is 22.3. The third kappa shape index (κ3) is 6.32. The maximum Gasteiger partial charge on any atom is 0.244 e. The van der Waals surface area contributed by atoms with Crippen LogP contribution < -0.4 is 5.32 Å². The van der Waals surface area contributed by atoms with E-state index in [9.17, 15) is 9.59 Å². The number of halogens is 2. The zero-order valence-electron chi connectivity index (χ0n) is 17.0. The summed E-state index contributed by atoms with van der Waals surface area (Å²) in [7, 11) is 0. The van der Waals surface area contributed by atoms with Gasteiger partial charge in [-0.2, -0.15) is 0 Å². The van der Waals surface area contributed by atoms with Gasteiger partial charge in [-0.3, -0.25) is 19.4 Å². The molecule has 3 rings (SSSR count). The minimum Gasteiger partial charge on any atom is -0.343 e. The number of nitrogens with zero attached hydrogens (tertiary/aromatic N) is 3. The van der Waals surface area contributed by atoms with Crippen molar-refractivity contribution in [1.82, 2.24) is 20.0 Å². The van der Waals surface area contributed by atoms with Crippen molar-refractivity contribution < 1.29 is 9.59 Å². The highest BCUT2D eigenvalue weighted by atomic mass is 35.5. The monoisotopic (exact) mass is 440 g/mol. The summed E-state index contributed by atoms with van der Waals surface area (Å²) in [6.45, 7) is 7.79. The lowest BCUT2D eigenvalue weighted by atomic mass is 10.1. The molecule has 160 valence electrons. The van der Waals surface area contributed by atoms with Gasteiger partial charge >= 0.3 is 0 Å². The maximum atomic E-state index is 12.5. The molecule has 2 heterocycles. The fourth-order valence-corrected chi connectivity index (χ4v) is 4.34. The molecular weight excluding hydrogens is 411 g/mol. The molecule has 1 N–H and O–H groups in total. The van der Waals surface area contributed by atoms with Crippen LogP contribution in [0.25, 0.3) is 0 Å². The summed E-state index contributed by atoms with van der Waals surface area (Å²) in [6.07, 6.45) is 3.29. The number of carbonyl (C=O) groups is 2. The Bertz CT molecular complexity index is 717. The molecule has 0 spiro atoms. The highest BCUT2D eigenvalue weighted by Gasteiger charge is 2.25. The van der Waals surface area contributed by atoms with Crippen LogP contribution in [-0.4, -0.2) is 78.4 Å². The van der Waals surface area contributed by atoms with Gasteiger partial charge in [0, 0.05) is 45.8 Å². The van der Waals surface area contributed by atoms with Gasteiger partial charge in [-0.15, -0.1) is 0 Å². The van der Waals surface area contributed by atoms with Crippen LogP contribution in [0.3, 0.4) is 0 Å². The van der Waals surface area contributed by atoms with E-state index < -0.39 is 6.04 Å². The second-order valence-electron chi connectivity index (χ2n) is 7.94. The van der Waals surface area contributed by atoms with Crippen molar-refractivity contribution in [3.05, 3.63) is 33.8 Å². The average Bonchev–Trinajstić information content (AvgIpc) is 2.72. The highest BCUT2D eigenvalue weighted by Crippen LogP contribution is 2.26. The minimum atomic E-state index is -0.466. The van der Waals surface area contributed by atoms with Crippen LogP contribution in [0.1, 0.15) is 31.7 Å². The van der Waals surface area contributed by atoms with E-state index >= 15 is 0 Å². The van der Waals surface area contributed by atoms with E-state index in [2.05, 4.69) is 15.1 Å². The lowest BCUT2D eigenvalue weighted by Crippen LogP contribution is -2.53. The minimum absolute atomic E-state index is 0.0290. The first-order valence-electron chi connectivity index (χ1n) is 10.4. The van der Waals surface area contributed by atoms with Crippen LogP contribution in [0.4, 0.5) is 0 Å². The molecule has 2 saturated heterocycles. The van der Waals surface area contributed by atoms with Crippen molar-refractivity contribution in [1.29, 1.82) is 0 Å². The van der Waals surface area contributed by atoms with E-state index in [1.54, 1.807) is 13.0 Å². The summed E-state index contributed by atoms with van der Waals surface area (Å²) in [6, 6.07) is 5.23. The Morgan fingerprint density at radius 1 is 1.00 bits per heavy atom. The third-order valence-corrected chi connectivity index (χ3v) is 6.53. The van der Waals surface area contributed by atoms with Gasteiger partial charge in [0.05, 0.1) is 16.6 Å². The number of likely N-dealkylation sites (tertiary alicyclic amines) is 1. The number of benzene rings is 1. The number of hydrogen-bond donors (Lipinski definition) is 1. The number of piperazine rings is 1. The van der Waals surface area contributed by atoms with Crippen LogP contribution in [0.5, 0.6) is 0 Å². The Labute approximate surface area is 183 Å². The summed E-state index contributed by atoms with van der Waals surface area (Å²) in [5.41, 5.74) is 1.02. The normalized spacial score (nSPS) is 19.8. The van der Waals surface area contributed by atoms with Gasteiger partial charge in [0.25, 0.3) is 0 Å². The van der Waals surface area contributed by atoms with E-state index in [4.69, 9.17) is 23.2 Å². The van der Waals surface area contributed by atoms with Crippen molar-refractivity contribution in [2.24, 2.45) is 0 Å². The molecule has 29 heavy (non-hydrogen) atoms. The topological polar surface area (TPSA) is 55.9 Å². The number of piperidine rings is 1. The van der Waals surface area contributed by atoms with E-state index in [1.165, 1.54) is 6.42 Å². The molecule has 8 heteroatoms. The first-order valence-corrected chi connectivity index (χ1v) is 11.2. The second-order valence-corrected chi connectivity index (χ2v) is 8.73. The van der Waals surface area contributed by atoms with Crippen LogP contribution in [0, 0.1) is 0 Å². The van der Waals surface area contributed by atoms with Gasteiger partial charge in [0.1, 0.15) is 6.04 Å². The molecule has 1 atom stereocenters. The Morgan fingerprint density at radius 3 is 2.34 bits per heavy atom. The molecule has 2 aliphatic heterocycles. The Morgan fingerprint density at radius 2 is 1.66 bits per heavy atom. The van der Waals surface area contributed by atoms with Crippen molar-refractivity contribution in [3.8, 4) is 0 Å². The predicted molar refractivity (Wildman–Crippen MR) is 116 cm³/mol. The van der Waals surface area contributed by atoms with Gasteiger partial charge < -0.3 is 10.2 Å². The zero-order valence-corrected chi connectivity index (χ0v) is 18.5. The first-order chi connectivity index (χ1) is 13.9. The predicted octanol–water partition coefficient (Wildman–Crippen LogP) is 2.63. The molecule has 2 amide bonds. The van der Waals surface area contributed by atoms with Gasteiger partial charge in [-0.25, -0.2) is 0 Å². The molecule has 2 fully saturated rings. The number of hydrogen-bond acceptors (Lipinski definition) is 4. The Hall–Kier alpha value is -1.34. The van der Waals surface area contributed by atoms with E-state index in [0.29, 0.717) is 16.6 Å². The molecule has 0 aliphatic carbocycles. The molecule has 0 aromatic heterocycles. The number of rotatable bonds is 6. The van der Waals surface area contributed by atoms with Crippen LogP contribution >= 0.6 is 23.2 Å². The fourth-order valence-electron chi connectivity index (χ4n) is 3.96. The van der Waals surface area contributed by atoms with Crippen molar-refractivity contribution in [2.45, 2.75) is 38.8 Å².